The summed E-state index contributed by atoms with van der Waals surface area (Å²) in [5.74, 6) is 0. The number of hydrogen-bond donors (Lipinski definition) is 0. The Morgan fingerprint density at radius 1 is 1.10 bits per heavy atom. The van der Waals surface area contributed by atoms with Crippen molar-refractivity contribution < 1.29 is 53.1 Å². The van der Waals surface area contributed by atoms with Crippen LogP contribution in [-0.2, 0) is 32.8 Å². The summed E-state index contributed by atoms with van der Waals surface area (Å²) in [5.41, 5.74) is 0. The van der Waals surface area contributed by atoms with Crippen LogP contribution in [0.25, 0.3) is 0 Å². The van der Waals surface area contributed by atoms with Gasteiger partial charge in [-0.3, -0.25) is 8.42 Å². The number of hydrogen-bond acceptors (Lipinski definition) is 4. The summed E-state index contributed by atoms with van der Waals surface area (Å²) in [4.78, 5) is 0. The van der Waals surface area contributed by atoms with E-state index in [-0.39, 0.29) is 22.4 Å². The second-order valence-corrected chi connectivity index (χ2v) is 1.47. The molecule has 0 amide bonds. The Bertz CT molecular complexity index is 132. The molecule has 0 fully saturated rings. The Morgan fingerprint density at radius 3 is 1.10 bits per heavy atom. The first-order valence-electron chi connectivity index (χ1n) is 1.32. The molecule has 9 heteroatoms. The molecular weight excluding hydrogens is 273 g/mol. The fourth-order valence-electron chi connectivity index (χ4n) is 0. The summed E-state index contributed by atoms with van der Waals surface area (Å²) >= 11 is 0. The molecule has 10 heavy (non-hydrogen) atoms. The van der Waals surface area contributed by atoms with Gasteiger partial charge in [0.15, 0.2) is 0 Å². The molecule has 0 spiro atoms. The van der Waals surface area contributed by atoms with Crippen LogP contribution >= 0.6 is 0 Å². The third kappa shape index (κ3) is 2870. The van der Waals surface area contributed by atoms with E-state index in [1.54, 1.807) is 0 Å². The van der Waals surface area contributed by atoms with Crippen molar-refractivity contribution in [2.75, 3.05) is 0 Å². The van der Waals surface area contributed by atoms with Crippen LogP contribution in [0.5, 0.6) is 0 Å². The maximum Gasteiger partial charge on any atom is 1.00 e. The SMILES string of the molecule is FC(F)F.O=S(=O)([O-])[O-].[Ag+]. The van der Waals surface area contributed by atoms with Gasteiger partial charge in [-0.25, -0.2) is 0 Å². The van der Waals surface area contributed by atoms with Crippen molar-refractivity contribution in [3.63, 3.8) is 0 Å². The predicted molar refractivity (Wildman–Crippen MR) is 17.6 cm³/mol. The summed E-state index contributed by atoms with van der Waals surface area (Å²) in [6.07, 6.45) is 0. The summed E-state index contributed by atoms with van der Waals surface area (Å²) in [7, 11) is -5.17. The largest absolute Gasteiger partial charge is 1.00 e. The molecule has 0 aliphatic heterocycles. The monoisotopic (exact) mass is 273 g/mol. The van der Waals surface area contributed by atoms with Crippen molar-refractivity contribution in [3.8, 4) is 0 Å². The minimum Gasteiger partial charge on any atom is -0.759 e. The first kappa shape index (κ1) is 16.8. The first-order valence-corrected chi connectivity index (χ1v) is 2.65. The van der Waals surface area contributed by atoms with Crippen LogP contribution in [0.3, 0.4) is 0 Å². The average Bonchev–Trinajstić information content (AvgIpc) is 1.19. The van der Waals surface area contributed by atoms with E-state index in [1.807, 2.05) is 0 Å². The molecule has 0 heterocycles. The molecule has 0 aliphatic rings. The summed E-state index contributed by atoms with van der Waals surface area (Å²) in [6.45, 7) is -3.67. The number of rotatable bonds is 0. The van der Waals surface area contributed by atoms with E-state index >= 15 is 0 Å². The molecule has 0 bridgehead atoms. The zero-order chi connectivity index (χ0) is 8.08. The van der Waals surface area contributed by atoms with E-state index in [0.29, 0.717) is 0 Å². The number of halogens is 3. The van der Waals surface area contributed by atoms with Gasteiger partial charge in [0.1, 0.15) is 0 Å². The summed E-state index contributed by atoms with van der Waals surface area (Å²) < 4.78 is 63.1. The van der Waals surface area contributed by atoms with Gasteiger partial charge in [0, 0.05) is 10.4 Å². The second-order valence-electron chi connectivity index (χ2n) is 0.656. The molecule has 0 rings (SSSR count). The molecule has 0 atom stereocenters. The third-order valence-electron chi connectivity index (χ3n) is 0. The van der Waals surface area contributed by atoms with Crippen LogP contribution in [0.2, 0.25) is 0 Å². The van der Waals surface area contributed by atoms with Crippen LogP contribution in [0, 0.1) is 0 Å². The van der Waals surface area contributed by atoms with E-state index in [9.17, 15) is 13.2 Å². The maximum atomic E-state index is 9.67. The molecule has 0 aliphatic carbocycles. The van der Waals surface area contributed by atoms with Gasteiger partial charge in [-0.1, -0.05) is 0 Å². The zero-order valence-corrected chi connectivity index (χ0v) is 6.35. The van der Waals surface area contributed by atoms with E-state index in [0.717, 1.165) is 0 Å². The van der Waals surface area contributed by atoms with Crippen molar-refractivity contribution >= 4 is 10.4 Å². The minimum absolute atomic E-state index is 0. The molecule has 0 aromatic carbocycles. The van der Waals surface area contributed by atoms with E-state index in [4.69, 9.17) is 17.5 Å². The van der Waals surface area contributed by atoms with Gasteiger partial charge in [-0.15, -0.1) is 0 Å². The summed E-state index contributed by atoms with van der Waals surface area (Å²) in [6, 6.07) is 0. The van der Waals surface area contributed by atoms with Crippen molar-refractivity contribution in [2.24, 2.45) is 0 Å². The van der Waals surface area contributed by atoms with Gasteiger partial charge in [0.25, 0.3) is 0 Å². The fourth-order valence-corrected chi connectivity index (χ4v) is 0. The average molecular weight is 274 g/mol. The smallest absolute Gasteiger partial charge is 0.759 e. The molecule has 0 unspecified atom stereocenters. The quantitative estimate of drug-likeness (QED) is 0.349. The molecule has 4 nitrogen and oxygen atoms in total. The Morgan fingerprint density at radius 2 is 1.10 bits per heavy atom. The van der Waals surface area contributed by atoms with Gasteiger partial charge in [-0.2, -0.15) is 13.2 Å². The van der Waals surface area contributed by atoms with Crippen LogP contribution in [-0.4, -0.2) is 24.2 Å². The van der Waals surface area contributed by atoms with Crippen LogP contribution in [0.4, 0.5) is 13.2 Å². The van der Waals surface area contributed by atoms with Crippen molar-refractivity contribution in [1.29, 1.82) is 0 Å². The Hall–Kier alpha value is 0.400. The molecule has 0 N–H and O–H groups in total. The molecule has 68 valence electrons. The molecule has 0 aromatic heterocycles. The second kappa shape index (κ2) is 7.51. The Labute approximate surface area is 70.5 Å². The van der Waals surface area contributed by atoms with Crippen molar-refractivity contribution in [1.82, 2.24) is 0 Å². The molecular formula is CHAgF3O4S-. The van der Waals surface area contributed by atoms with Crippen molar-refractivity contribution in [2.45, 2.75) is 6.68 Å². The van der Waals surface area contributed by atoms with Gasteiger partial charge < -0.3 is 9.11 Å². The van der Waals surface area contributed by atoms with Crippen molar-refractivity contribution in [3.05, 3.63) is 0 Å². The maximum absolute atomic E-state index is 9.67. The fraction of sp³-hybridized carbons (Fsp3) is 1.00. The van der Waals surface area contributed by atoms with E-state index in [2.05, 4.69) is 0 Å². The normalized spacial score (nSPS) is 9.40. The number of alkyl halides is 3. The van der Waals surface area contributed by atoms with Gasteiger partial charge in [0.2, 0.25) is 0 Å². The van der Waals surface area contributed by atoms with E-state index in [1.165, 1.54) is 0 Å². The summed E-state index contributed by atoms with van der Waals surface area (Å²) in [5, 5.41) is 0. The van der Waals surface area contributed by atoms with Gasteiger partial charge >= 0.3 is 29.1 Å². The first-order chi connectivity index (χ1) is 3.73. The Balaban J connectivity index is -0.0000000910. The predicted octanol–water partition coefficient (Wildman–Crippen LogP) is -0.162. The molecule has 0 aromatic rings. The van der Waals surface area contributed by atoms with Gasteiger partial charge in [0.05, 0.1) is 0 Å². The van der Waals surface area contributed by atoms with Crippen LogP contribution in [0.15, 0.2) is 0 Å². The zero-order valence-electron chi connectivity index (χ0n) is 4.05. The van der Waals surface area contributed by atoms with Crippen LogP contribution < -0.4 is 0 Å². The molecule has 0 saturated heterocycles. The van der Waals surface area contributed by atoms with Gasteiger partial charge in [-0.05, 0) is 0 Å². The standard InChI is InChI=1S/CHF3.Ag.H2O4S/c2-1(3)4;;1-5(2,3)4/h1H;;(H2,1,2,3,4)/q;+1;/p-2. The van der Waals surface area contributed by atoms with E-state index < -0.39 is 17.1 Å². The molecule has 0 saturated carbocycles. The molecule has 0 radical (unpaired) electrons. The topological polar surface area (TPSA) is 80.3 Å². The minimum atomic E-state index is -5.17. The third-order valence-corrected chi connectivity index (χ3v) is 0. The Kier molecular flexibility index (Phi) is 12.6. The van der Waals surface area contributed by atoms with Crippen LogP contribution in [0.1, 0.15) is 0 Å².